The Hall–Kier alpha value is -3.39. The van der Waals surface area contributed by atoms with Gasteiger partial charge in [0.25, 0.3) is 5.91 Å². The van der Waals surface area contributed by atoms with Gasteiger partial charge < -0.3 is 14.8 Å². The van der Waals surface area contributed by atoms with E-state index >= 15 is 0 Å². The van der Waals surface area contributed by atoms with Gasteiger partial charge in [-0.15, -0.1) is 11.3 Å². The van der Waals surface area contributed by atoms with E-state index in [2.05, 4.69) is 10.3 Å². The van der Waals surface area contributed by atoms with Crippen molar-refractivity contribution in [1.82, 2.24) is 4.98 Å². The lowest BCUT2D eigenvalue weighted by molar-refractivity contribution is -0.123. The Morgan fingerprint density at radius 2 is 2.07 bits per heavy atom. The number of anilines is 2. The molecular weight excluding hydrogens is 402 g/mol. The van der Waals surface area contributed by atoms with Crippen molar-refractivity contribution in [2.75, 3.05) is 30.5 Å². The summed E-state index contributed by atoms with van der Waals surface area (Å²) in [6, 6.07) is 12.7. The smallest absolute Gasteiger partial charge is 0.265 e. The summed E-state index contributed by atoms with van der Waals surface area (Å²) in [7, 11) is 1.54. The Morgan fingerprint density at radius 1 is 1.27 bits per heavy atom. The second kappa shape index (κ2) is 8.16. The van der Waals surface area contributed by atoms with E-state index in [4.69, 9.17) is 9.47 Å². The van der Waals surface area contributed by atoms with Crippen molar-refractivity contribution in [3.05, 3.63) is 52.3 Å². The summed E-state index contributed by atoms with van der Waals surface area (Å²) in [5.41, 5.74) is 2.86. The molecule has 8 heteroatoms. The van der Waals surface area contributed by atoms with Crippen LogP contribution in [0.1, 0.15) is 9.88 Å². The number of para-hydroxylation sites is 2. The first-order valence-corrected chi connectivity index (χ1v) is 10.2. The summed E-state index contributed by atoms with van der Waals surface area (Å²) in [6.07, 6.45) is 0. The molecule has 0 atom stereocenters. The Labute approximate surface area is 178 Å². The van der Waals surface area contributed by atoms with Crippen molar-refractivity contribution in [3.8, 4) is 22.8 Å². The number of methoxy groups -OCH3 is 1. The zero-order valence-corrected chi connectivity index (χ0v) is 17.7. The van der Waals surface area contributed by atoms with Crippen LogP contribution < -0.4 is 19.7 Å². The quantitative estimate of drug-likeness (QED) is 0.675. The minimum Gasteiger partial charge on any atom is -0.495 e. The number of carbonyl (C=O) groups is 2. The highest BCUT2D eigenvalue weighted by Gasteiger charge is 2.28. The fourth-order valence-corrected chi connectivity index (χ4v) is 4.24. The molecule has 0 saturated carbocycles. The largest absolute Gasteiger partial charge is 0.495 e. The van der Waals surface area contributed by atoms with Crippen molar-refractivity contribution in [2.45, 2.75) is 13.8 Å². The van der Waals surface area contributed by atoms with E-state index in [0.717, 1.165) is 21.1 Å². The van der Waals surface area contributed by atoms with E-state index in [1.807, 2.05) is 38.1 Å². The van der Waals surface area contributed by atoms with Crippen LogP contribution in [-0.2, 0) is 9.59 Å². The molecule has 0 aliphatic carbocycles. The summed E-state index contributed by atoms with van der Waals surface area (Å²) in [5, 5.41) is 3.78. The van der Waals surface area contributed by atoms with Gasteiger partial charge in [0.15, 0.2) is 6.61 Å². The van der Waals surface area contributed by atoms with Crippen LogP contribution in [0.5, 0.6) is 11.5 Å². The summed E-state index contributed by atoms with van der Waals surface area (Å²) in [5.74, 6) is 0.511. The molecule has 0 radical (unpaired) electrons. The van der Waals surface area contributed by atoms with Crippen LogP contribution in [0, 0.1) is 13.8 Å². The second-order valence-electron chi connectivity index (χ2n) is 6.84. The number of amides is 2. The Morgan fingerprint density at radius 3 is 2.80 bits per heavy atom. The lowest BCUT2D eigenvalue weighted by Crippen LogP contribution is -2.43. The van der Waals surface area contributed by atoms with Crippen LogP contribution in [0.15, 0.2) is 42.5 Å². The summed E-state index contributed by atoms with van der Waals surface area (Å²) in [4.78, 5) is 32.4. The van der Waals surface area contributed by atoms with E-state index in [1.165, 1.54) is 12.0 Å². The highest BCUT2D eigenvalue weighted by molar-refractivity contribution is 7.11. The molecule has 3 aromatic rings. The van der Waals surface area contributed by atoms with Crippen LogP contribution in [0.25, 0.3) is 11.3 Å². The highest BCUT2D eigenvalue weighted by atomic mass is 32.1. The molecule has 4 rings (SSSR count). The van der Waals surface area contributed by atoms with Crippen molar-refractivity contribution >= 4 is 34.5 Å². The molecule has 2 amide bonds. The molecule has 0 spiro atoms. The summed E-state index contributed by atoms with van der Waals surface area (Å²) >= 11 is 1.62. The maximum Gasteiger partial charge on any atom is 0.265 e. The summed E-state index contributed by atoms with van der Waals surface area (Å²) < 4.78 is 10.8. The second-order valence-corrected chi connectivity index (χ2v) is 8.24. The zero-order chi connectivity index (χ0) is 21.3. The number of ether oxygens (including phenoxy) is 2. The van der Waals surface area contributed by atoms with E-state index < -0.39 is 0 Å². The van der Waals surface area contributed by atoms with E-state index in [9.17, 15) is 9.59 Å². The monoisotopic (exact) mass is 423 g/mol. The van der Waals surface area contributed by atoms with Gasteiger partial charge in [0.05, 0.1) is 29.2 Å². The number of carbonyl (C=O) groups excluding carboxylic acids is 2. The fraction of sp³-hybridized carbons (Fsp3) is 0.227. The number of thiazole rings is 1. The third-order valence-corrected chi connectivity index (χ3v) is 5.65. The molecule has 0 saturated heterocycles. The predicted octanol–water partition coefficient (Wildman–Crippen LogP) is 3.80. The molecule has 0 bridgehead atoms. The molecule has 154 valence electrons. The molecule has 2 aromatic carbocycles. The first-order chi connectivity index (χ1) is 14.5. The van der Waals surface area contributed by atoms with Crippen LogP contribution >= 0.6 is 11.3 Å². The number of benzene rings is 2. The maximum atomic E-state index is 12.7. The van der Waals surface area contributed by atoms with Gasteiger partial charge in [-0.2, -0.15) is 0 Å². The Kier molecular flexibility index (Phi) is 5.41. The third kappa shape index (κ3) is 3.86. The molecule has 0 unspecified atom stereocenters. The van der Waals surface area contributed by atoms with Gasteiger partial charge in [-0.3, -0.25) is 14.5 Å². The topological polar surface area (TPSA) is 80.8 Å². The minimum atomic E-state index is -0.327. The summed E-state index contributed by atoms with van der Waals surface area (Å²) in [6.45, 7) is 3.73. The van der Waals surface area contributed by atoms with Gasteiger partial charge in [-0.05, 0) is 44.2 Å². The van der Waals surface area contributed by atoms with Gasteiger partial charge >= 0.3 is 0 Å². The molecule has 30 heavy (non-hydrogen) atoms. The molecule has 1 N–H and O–H groups in total. The van der Waals surface area contributed by atoms with E-state index in [1.54, 1.807) is 29.5 Å². The van der Waals surface area contributed by atoms with Gasteiger partial charge in [-0.1, -0.05) is 12.1 Å². The SMILES string of the molecule is COc1ccccc1NC(=O)CN1C(=O)COc2ccc(-c3nc(C)sc3C)cc21. The minimum absolute atomic E-state index is 0.108. The lowest BCUT2D eigenvalue weighted by atomic mass is 10.1. The molecule has 1 aliphatic heterocycles. The highest BCUT2D eigenvalue weighted by Crippen LogP contribution is 2.37. The molecule has 2 heterocycles. The molecule has 7 nitrogen and oxygen atoms in total. The lowest BCUT2D eigenvalue weighted by Gasteiger charge is -2.29. The number of aromatic nitrogens is 1. The van der Waals surface area contributed by atoms with E-state index in [-0.39, 0.29) is 25.0 Å². The number of aryl methyl sites for hydroxylation is 2. The number of nitrogens with one attached hydrogen (secondary N) is 1. The molecular formula is C22H21N3O4S. The van der Waals surface area contributed by atoms with Gasteiger partial charge in [-0.25, -0.2) is 4.98 Å². The number of hydrogen-bond acceptors (Lipinski definition) is 6. The molecule has 1 aromatic heterocycles. The first kappa shape index (κ1) is 19.9. The number of nitrogens with zero attached hydrogens (tertiary/aromatic N) is 2. The Balaban J connectivity index is 1.61. The molecule has 0 fully saturated rings. The number of rotatable bonds is 5. The van der Waals surface area contributed by atoms with Crippen molar-refractivity contribution in [2.24, 2.45) is 0 Å². The van der Waals surface area contributed by atoms with Crippen LogP contribution in [0.2, 0.25) is 0 Å². The average Bonchev–Trinajstić information content (AvgIpc) is 3.08. The van der Waals surface area contributed by atoms with Crippen molar-refractivity contribution < 1.29 is 19.1 Å². The van der Waals surface area contributed by atoms with Crippen LogP contribution in [-0.4, -0.2) is 37.1 Å². The van der Waals surface area contributed by atoms with Crippen LogP contribution in [0.3, 0.4) is 0 Å². The molecule has 1 aliphatic rings. The zero-order valence-electron chi connectivity index (χ0n) is 16.9. The van der Waals surface area contributed by atoms with Crippen molar-refractivity contribution in [3.63, 3.8) is 0 Å². The standard InChI is InChI=1S/C22H21N3O4S/c1-13-22(23-14(2)30-13)15-8-9-19-17(10-15)25(21(27)12-29-19)11-20(26)24-16-6-4-5-7-18(16)28-3/h4-10H,11-12H2,1-3H3,(H,24,26). The Bertz CT molecular complexity index is 1130. The van der Waals surface area contributed by atoms with Crippen molar-refractivity contribution in [1.29, 1.82) is 0 Å². The van der Waals surface area contributed by atoms with E-state index in [0.29, 0.717) is 22.9 Å². The fourth-order valence-electron chi connectivity index (χ4n) is 3.40. The number of fused-ring (bicyclic) bond motifs is 1. The van der Waals surface area contributed by atoms with Gasteiger partial charge in [0.1, 0.15) is 18.0 Å². The predicted molar refractivity (Wildman–Crippen MR) is 116 cm³/mol. The number of hydrogen-bond donors (Lipinski definition) is 1. The van der Waals surface area contributed by atoms with Gasteiger partial charge in [0, 0.05) is 10.4 Å². The first-order valence-electron chi connectivity index (χ1n) is 9.40. The van der Waals surface area contributed by atoms with Gasteiger partial charge in [0.2, 0.25) is 5.91 Å². The normalized spacial score (nSPS) is 12.9. The third-order valence-electron chi connectivity index (χ3n) is 4.76. The van der Waals surface area contributed by atoms with Crippen LogP contribution in [0.4, 0.5) is 11.4 Å². The maximum absolute atomic E-state index is 12.7. The average molecular weight is 423 g/mol.